The summed E-state index contributed by atoms with van der Waals surface area (Å²) >= 11 is 4.11. The first-order valence-corrected chi connectivity index (χ1v) is 8.86. The Labute approximate surface area is 133 Å². The van der Waals surface area contributed by atoms with E-state index in [1.807, 2.05) is 4.72 Å². The fourth-order valence-corrected chi connectivity index (χ4v) is 5.00. The standard InChI is InChI=1S/C12H11BrF2N2O2S2/c1-6-5-20-10(4-16)12(6)21(18,19)17-11-8(14)2-7(13)3-9(11)15/h2-3,5,17H,4,16H2,1H3. The van der Waals surface area contributed by atoms with Crippen LogP contribution in [0.15, 0.2) is 26.9 Å². The van der Waals surface area contributed by atoms with Gasteiger partial charge in [0, 0.05) is 15.9 Å². The highest BCUT2D eigenvalue weighted by Crippen LogP contribution is 2.30. The summed E-state index contributed by atoms with van der Waals surface area (Å²) in [5, 5.41) is 1.63. The number of hydrogen-bond acceptors (Lipinski definition) is 4. The summed E-state index contributed by atoms with van der Waals surface area (Å²) in [7, 11) is -4.12. The third kappa shape index (κ3) is 3.25. The van der Waals surface area contributed by atoms with E-state index < -0.39 is 27.3 Å². The quantitative estimate of drug-likeness (QED) is 0.831. The molecule has 9 heteroatoms. The van der Waals surface area contributed by atoms with Gasteiger partial charge in [-0.25, -0.2) is 17.2 Å². The van der Waals surface area contributed by atoms with Gasteiger partial charge in [-0.3, -0.25) is 4.72 Å². The number of benzene rings is 1. The number of aryl methyl sites for hydroxylation is 1. The molecule has 114 valence electrons. The van der Waals surface area contributed by atoms with Crippen molar-refractivity contribution in [3.05, 3.63) is 44.1 Å². The van der Waals surface area contributed by atoms with E-state index in [0.717, 1.165) is 12.1 Å². The maximum absolute atomic E-state index is 13.7. The molecular weight excluding hydrogens is 386 g/mol. The molecule has 2 aromatic rings. The molecule has 0 spiro atoms. The van der Waals surface area contributed by atoms with E-state index in [9.17, 15) is 17.2 Å². The predicted molar refractivity (Wildman–Crippen MR) is 81.8 cm³/mol. The van der Waals surface area contributed by atoms with Crippen LogP contribution in [0.1, 0.15) is 10.4 Å². The molecule has 0 saturated heterocycles. The van der Waals surface area contributed by atoms with Crippen molar-refractivity contribution in [3.63, 3.8) is 0 Å². The van der Waals surface area contributed by atoms with Gasteiger partial charge in [-0.05, 0) is 30.0 Å². The van der Waals surface area contributed by atoms with Gasteiger partial charge in [-0.2, -0.15) is 0 Å². The average molecular weight is 397 g/mol. The van der Waals surface area contributed by atoms with Gasteiger partial charge in [0.05, 0.1) is 0 Å². The molecule has 0 aliphatic carbocycles. The normalized spacial score (nSPS) is 11.7. The van der Waals surface area contributed by atoms with Gasteiger partial charge in [0.2, 0.25) is 0 Å². The number of sulfonamides is 1. The van der Waals surface area contributed by atoms with Crippen LogP contribution >= 0.6 is 27.3 Å². The fraction of sp³-hybridized carbons (Fsp3) is 0.167. The number of thiophene rings is 1. The number of hydrogen-bond donors (Lipinski definition) is 2. The van der Waals surface area contributed by atoms with Crippen molar-refractivity contribution in [2.75, 3.05) is 4.72 Å². The maximum atomic E-state index is 13.7. The topological polar surface area (TPSA) is 72.2 Å². The first-order valence-electron chi connectivity index (χ1n) is 5.70. The smallest absolute Gasteiger partial charge is 0.263 e. The Morgan fingerprint density at radius 2 is 1.90 bits per heavy atom. The molecule has 0 aliphatic heterocycles. The van der Waals surface area contributed by atoms with Gasteiger partial charge in [0.15, 0.2) is 11.6 Å². The average Bonchev–Trinajstić information content (AvgIpc) is 2.76. The molecule has 1 aromatic heterocycles. The summed E-state index contributed by atoms with van der Waals surface area (Å²) in [6.45, 7) is 1.62. The number of anilines is 1. The van der Waals surface area contributed by atoms with Crippen molar-refractivity contribution >= 4 is 43.0 Å². The monoisotopic (exact) mass is 396 g/mol. The minimum atomic E-state index is -4.12. The van der Waals surface area contributed by atoms with E-state index in [1.54, 1.807) is 12.3 Å². The molecular formula is C12H11BrF2N2O2S2. The van der Waals surface area contributed by atoms with Crippen LogP contribution < -0.4 is 10.5 Å². The summed E-state index contributed by atoms with van der Waals surface area (Å²) in [6.07, 6.45) is 0. The lowest BCUT2D eigenvalue weighted by Crippen LogP contribution is -2.17. The first-order chi connectivity index (χ1) is 9.76. The van der Waals surface area contributed by atoms with E-state index in [2.05, 4.69) is 15.9 Å². The highest BCUT2D eigenvalue weighted by molar-refractivity contribution is 9.10. The van der Waals surface area contributed by atoms with E-state index in [1.165, 1.54) is 11.3 Å². The largest absolute Gasteiger partial charge is 0.326 e. The first kappa shape index (κ1) is 16.3. The lowest BCUT2D eigenvalue weighted by molar-refractivity contribution is 0.581. The van der Waals surface area contributed by atoms with E-state index in [4.69, 9.17) is 5.73 Å². The van der Waals surface area contributed by atoms with Crippen LogP contribution in [0.2, 0.25) is 0 Å². The van der Waals surface area contributed by atoms with Crippen molar-refractivity contribution in [1.82, 2.24) is 0 Å². The molecule has 1 heterocycles. The molecule has 0 amide bonds. The zero-order chi connectivity index (χ0) is 15.8. The second kappa shape index (κ2) is 5.99. The van der Waals surface area contributed by atoms with Gasteiger partial charge in [-0.15, -0.1) is 11.3 Å². The van der Waals surface area contributed by atoms with Crippen molar-refractivity contribution in [2.45, 2.75) is 18.4 Å². The molecule has 0 aliphatic rings. The molecule has 0 bridgehead atoms. The molecule has 0 unspecified atom stereocenters. The molecule has 0 saturated carbocycles. The van der Waals surface area contributed by atoms with Gasteiger partial charge in [-0.1, -0.05) is 15.9 Å². The molecule has 3 N–H and O–H groups in total. The number of halogens is 3. The van der Waals surface area contributed by atoms with E-state index in [0.29, 0.717) is 10.4 Å². The Balaban J connectivity index is 2.50. The Kier molecular flexibility index (Phi) is 4.66. The Hall–Kier alpha value is -1.03. The minimum Gasteiger partial charge on any atom is -0.326 e. The molecule has 0 atom stereocenters. The fourth-order valence-electron chi connectivity index (χ4n) is 1.81. The summed E-state index contributed by atoms with van der Waals surface area (Å²) in [6, 6.07) is 1.95. The summed E-state index contributed by atoms with van der Waals surface area (Å²) in [5.74, 6) is -2.01. The molecule has 4 nitrogen and oxygen atoms in total. The Morgan fingerprint density at radius 1 is 1.33 bits per heavy atom. The third-order valence-electron chi connectivity index (χ3n) is 2.69. The second-order valence-corrected chi connectivity index (χ2v) is 7.72. The lowest BCUT2D eigenvalue weighted by Gasteiger charge is -2.11. The van der Waals surface area contributed by atoms with Gasteiger partial charge >= 0.3 is 0 Å². The van der Waals surface area contributed by atoms with Crippen LogP contribution in [-0.4, -0.2) is 8.42 Å². The molecule has 2 rings (SSSR count). The molecule has 1 aromatic carbocycles. The number of nitrogens with two attached hydrogens (primary N) is 1. The van der Waals surface area contributed by atoms with Gasteiger partial charge in [0.25, 0.3) is 10.0 Å². The highest BCUT2D eigenvalue weighted by Gasteiger charge is 2.25. The predicted octanol–water partition coefficient (Wildman–Crippen LogP) is 3.36. The Bertz CT molecular complexity index is 768. The van der Waals surface area contributed by atoms with Crippen LogP contribution in [0.5, 0.6) is 0 Å². The van der Waals surface area contributed by atoms with E-state index in [-0.39, 0.29) is 15.9 Å². The van der Waals surface area contributed by atoms with Crippen molar-refractivity contribution in [2.24, 2.45) is 5.73 Å². The van der Waals surface area contributed by atoms with Gasteiger partial charge in [0.1, 0.15) is 10.6 Å². The third-order valence-corrected chi connectivity index (χ3v) is 5.98. The lowest BCUT2D eigenvalue weighted by atomic mass is 10.3. The minimum absolute atomic E-state index is 0.0278. The highest BCUT2D eigenvalue weighted by atomic mass is 79.9. The molecule has 0 radical (unpaired) electrons. The summed E-state index contributed by atoms with van der Waals surface area (Å²) in [5.41, 5.74) is 5.26. The Morgan fingerprint density at radius 3 is 2.43 bits per heavy atom. The van der Waals surface area contributed by atoms with Crippen molar-refractivity contribution < 1.29 is 17.2 Å². The van der Waals surface area contributed by atoms with Crippen LogP contribution in [0.25, 0.3) is 0 Å². The SMILES string of the molecule is Cc1csc(CN)c1S(=O)(=O)Nc1c(F)cc(Br)cc1F. The molecule has 21 heavy (non-hydrogen) atoms. The second-order valence-electron chi connectivity index (χ2n) is 4.23. The van der Waals surface area contributed by atoms with Crippen molar-refractivity contribution in [1.29, 1.82) is 0 Å². The van der Waals surface area contributed by atoms with Gasteiger partial charge < -0.3 is 5.73 Å². The van der Waals surface area contributed by atoms with E-state index >= 15 is 0 Å². The number of nitrogens with one attached hydrogen (secondary N) is 1. The van der Waals surface area contributed by atoms with Crippen LogP contribution in [0, 0.1) is 18.6 Å². The zero-order valence-corrected chi connectivity index (χ0v) is 14.0. The maximum Gasteiger partial charge on any atom is 0.263 e. The van der Waals surface area contributed by atoms with Crippen LogP contribution in [0.4, 0.5) is 14.5 Å². The summed E-state index contributed by atoms with van der Waals surface area (Å²) in [4.78, 5) is 0.398. The summed E-state index contributed by atoms with van der Waals surface area (Å²) < 4.78 is 54.3. The van der Waals surface area contributed by atoms with Crippen molar-refractivity contribution in [3.8, 4) is 0 Å². The molecule has 0 fully saturated rings. The zero-order valence-electron chi connectivity index (χ0n) is 10.8. The van der Waals surface area contributed by atoms with Crippen LogP contribution in [0.3, 0.4) is 0 Å². The van der Waals surface area contributed by atoms with Crippen LogP contribution in [-0.2, 0) is 16.6 Å². The number of rotatable bonds is 4.